The number of piperazine rings is 1. The summed E-state index contributed by atoms with van der Waals surface area (Å²) in [6, 6.07) is 1.52. The van der Waals surface area contributed by atoms with Crippen molar-refractivity contribution in [3.05, 3.63) is 40.2 Å². The molecule has 0 spiro atoms. The van der Waals surface area contributed by atoms with E-state index < -0.39 is 23.7 Å². The van der Waals surface area contributed by atoms with Crippen molar-refractivity contribution in [1.82, 2.24) is 34.8 Å². The standard InChI is InChI=1S/C21H23F2N9O3/c1-13(32-15-11-27-28-20(34)17(15)18(29-32)19(22)23)12-35-7-2-16(33)30-3-5-31(6-4-30)21-25-9-14(8-24)10-26-21/h9-11,13,19H,2-7,12H2,1H3,(H,28,34). The number of fused-ring (bicyclic) bond motifs is 1. The zero-order valence-corrected chi connectivity index (χ0v) is 18.9. The van der Waals surface area contributed by atoms with E-state index in [9.17, 15) is 18.4 Å². The van der Waals surface area contributed by atoms with Gasteiger partial charge in [0.1, 0.15) is 11.8 Å². The predicted octanol–water partition coefficient (Wildman–Crippen LogP) is 1.04. The van der Waals surface area contributed by atoms with Crippen LogP contribution in [0.5, 0.6) is 0 Å². The maximum absolute atomic E-state index is 13.3. The maximum atomic E-state index is 13.3. The number of carbonyl (C=O) groups excluding carboxylic acids is 1. The van der Waals surface area contributed by atoms with E-state index in [0.29, 0.717) is 37.7 Å². The van der Waals surface area contributed by atoms with Gasteiger partial charge in [-0.15, -0.1) is 0 Å². The zero-order valence-electron chi connectivity index (χ0n) is 18.9. The number of rotatable bonds is 8. The quantitative estimate of drug-likeness (QED) is 0.460. The lowest BCUT2D eigenvalue weighted by Gasteiger charge is -2.34. The molecule has 14 heteroatoms. The molecule has 0 saturated carbocycles. The van der Waals surface area contributed by atoms with Gasteiger partial charge in [-0.3, -0.25) is 14.3 Å². The summed E-state index contributed by atoms with van der Waals surface area (Å²) in [6.45, 7) is 4.15. The van der Waals surface area contributed by atoms with E-state index in [4.69, 9.17) is 10.00 Å². The largest absolute Gasteiger partial charge is 0.379 e. The third kappa shape index (κ3) is 5.24. The van der Waals surface area contributed by atoms with Gasteiger partial charge in [-0.05, 0) is 6.92 Å². The number of aromatic nitrogens is 6. The van der Waals surface area contributed by atoms with Crippen LogP contribution in [0.15, 0.2) is 23.4 Å². The molecule has 0 radical (unpaired) electrons. The van der Waals surface area contributed by atoms with E-state index >= 15 is 0 Å². The van der Waals surface area contributed by atoms with Gasteiger partial charge in [0, 0.05) is 26.2 Å². The summed E-state index contributed by atoms with van der Waals surface area (Å²) < 4.78 is 33.6. The number of hydrogen-bond donors (Lipinski definition) is 1. The van der Waals surface area contributed by atoms with Gasteiger partial charge >= 0.3 is 0 Å². The highest BCUT2D eigenvalue weighted by molar-refractivity contribution is 5.80. The Hall–Kier alpha value is -3.99. The summed E-state index contributed by atoms with van der Waals surface area (Å²) in [5, 5.41) is 18.4. The number of alkyl halides is 2. The lowest BCUT2D eigenvalue weighted by atomic mass is 10.2. The summed E-state index contributed by atoms with van der Waals surface area (Å²) in [6.07, 6.45) is 1.47. The fraction of sp³-hybridized carbons (Fsp3) is 0.476. The Morgan fingerprint density at radius 2 is 1.94 bits per heavy atom. The van der Waals surface area contributed by atoms with Crippen LogP contribution in [0.3, 0.4) is 0 Å². The van der Waals surface area contributed by atoms with Gasteiger partial charge < -0.3 is 14.5 Å². The van der Waals surface area contributed by atoms with Crippen LogP contribution in [0.25, 0.3) is 10.9 Å². The van der Waals surface area contributed by atoms with Gasteiger partial charge in [0.25, 0.3) is 12.0 Å². The number of carbonyl (C=O) groups is 1. The van der Waals surface area contributed by atoms with Crippen LogP contribution < -0.4 is 10.5 Å². The van der Waals surface area contributed by atoms with Crippen LogP contribution in [-0.4, -0.2) is 80.1 Å². The van der Waals surface area contributed by atoms with E-state index in [-0.39, 0.29) is 36.4 Å². The highest BCUT2D eigenvalue weighted by Crippen LogP contribution is 2.26. The van der Waals surface area contributed by atoms with Crippen molar-refractivity contribution in [3.8, 4) is 6.07 Å². The Kier molecular flexibility index (Phi) is 7.25. The van der Waals surface area contributed by atoms with Gasteiger partial charge in [-0.1, -0.05) is 0 Å². The number of nitrogens with one attached hydrogen (secondary N) is 1. The number of H-pyrrole nitrogens is 1. The first-order valence-corrected chi connectivity index (χ1v) is 11.0. The van der Waals surface area contributed by atoms with Crippen molar-refractivity contribution in [2.24, 2.45) is 0 Å². The van der Waals surface area contributed by atoms with Crippen molar-refractivity contribution < 1.29 is 18.3 Å². The number of halogens is 2. The second kappa shape index (κ2) is 10.5. The highest BCUT2D eigenvalue weighted by atomic mass is 19.3. The average Bonchev–Trinajstić information content (AvgIpc) is 3.28. The van der Waals surface area contributed by atoms with Crippen molar-refractivity contribution in [2.45, 2.75) is 25.8 Å². The SMILES string of the molecule is CC(COCCC(=O)N1CCN(c2ncc(C#N)cn2)CC1)n1nc(C(F)F)c2c(=O)[nH]ncc21. The molecule has 1 N–H and O–H groups in total. The predicted molar refractivity (Wildman–Crippen MR) is 119 cm³/mol. The van der Waals surface area contributed by atoms with Gasteiger partial charge in [-0.25, -0.2) is 23.8 Å². The molecule has 1 fully saturated rings. The Labute approximate surface area is 198 Å². The first-order valence-electron chi connectivity index (χ1n) is 11.0. The van der Waals surface area contributed by atoms with Crippen LogP contribution in [0.1, 0.15) is 37.1 Å². The van der Waals surface area contributed by atoms with E-state index in [1.807, 2.05) is 11.0 Å². The molecule has 3 aromatic rings. The monoisotopic (exact) mass is 487 g/mol. The highest BCUT2D eigenvalue weighted by Gasteiger charge is 2.24. The summed E-state index contributed by atoms with van der Waals surface area (Å²) in [7, 11) is 0. The minimum absolute atomic E-state index is 0.0571. The molecule has 1 aliphatic rings. The molecule has 1 atom stereocenters. The molecule has 1 aliphatic heterocycles. The van der Waals surface area contributed by atoms with Crippen LogP contribution in [0.4, 0.5) is 14.7 Å². The van der Waals surface area contributed by atoms with Gasteiger partial charge in [0.15, 0.2) is 0 Å². The second-order valence-corrected chi connectivity index (χ2v) is 8.02. The fourth-order valence-corrected chi connectivity index (χ4v) is 3.86. The summed E-state index contributed by atoms with van der Waals surface area (Å²) in [4.78, 5) is 36.5. The topological polar surface area (TPSA) is 146 Å². The van der Waals surface area contributed by atoms with Gasteiger partial charge in [0.2, 0.25) is 11.9 Å². The Bertz CT molecular complexity index is 1280. The number of ether oxygens (including phenoxy) is 1. The summed E-state index contributed by atoms with van der Waals surface area (Å²) in [5.74, 6) is 0.463. The van der Waals surface area contributed by atoms with Crippen LogP contribution in [0.2, 0.25) is 0 Å². The molecule has 3 aromatic heterocycles. The molecule has 4 rings (SSSR count). The number of amides is 1. The van der Waals surface area contributed by atoms with Gasteiger partial charge in [0.05, 0.1) is 60.7 Å². The summed E-state index contributed by atoms with van der Waals surface area (Å²) >= 11 is 0. The molecular weight excluding hydrogens is 464 g/mol. The molecule has 184 valence electrons. The van der Waals surface area contributed by atoms with Crippen molar-refractivity contribution in [3.63, 3.8) is 0 Å². The van der Waals surface area contributed by atoms with E-state index in [1.165, 1.54) is 23.3 Å². The second-order valence-electron chi connectivity index (χ2n) is 8.02. The van der Waals surface area contributed by atoms with E-state index in [1.54, 1.807) is 11.8 Å². The normalized spacial score (nSPS) is 14.9. The Morgan fingerprint density at radius 1 is 1.23 bits per heavy atom. The minimum atomic E-state index is -2.91. The third-order valence-corrected chi connectivity index (χ3v) is 5.68. The maximum Gasteiger partial charge on any atom is 0.282 e. The number of hydrogen-bond acceptors (Lipinski definition) is 9. The fourth-order valence-electron chi connectivity index (χ4n) is 3.86. The average molecular weight is 487 g/mol. The smallest absolute Gasteiger partial charge is 0.282 e. The van der Waals surface area contributed by atoms with Crippen molar-refractivity contribution in [2.75, 3.05) is 44.3 Å². The first kappa shape index (κ1) is 24.1. The molecular formula is C21H23F2N9O3. The zero-order chi connectivity index (χ0) is 24.9. The number of aromatic amines is 1. The molecule has 4 heterocycles. The molecule has 35 heavy (non-hydrogen) atoms. The Balaban J connectivity index is 1.25. The third-order valence-electron chi connectivity index (χ3n) is 5.68. The molecule has 1 amide bonds. The van der Waals surface area contributed by atoms with Gasteiger partial charge in [-0.2, -0.15) is 15.5 Å². The first-order chi connectivity index (χ1) is 16.9. The molecule has 0 bridgehead atoms. The lowest BCUT2D eigenvalue weighted by molar-refractivity contribution is -0.132. The van der Waals surface area contributed by atoms with Crippen molar-refractivity contribution in [1.29, 1.82) is 5.26 Å². The number of nitrogens with zero attached hydrogens (tertiary/aromatic N) is 8. The number of anilines is 1. The van der Waals surface area contributed by atoms with Crippen LogP contribution >= 0.6 is 0 Å². The van der Waals surface area contributed by atoms with E-state index in [0.717, 1.165) is 0 Å². The lowest BCUT2D eigenvalue weighted by Crippen LogP contribution is -2.49. The summed E-state index contributed by atoms with van der Waals surface area (Å²) in [5.41, 5.74) is -0.748. The van der Waals surface area contributed by atoms with Crippen LogP contribution in [0, 0.1) is 11.3 Å². The molecule has 0 aliphatic carbocycles. The molecule has 1 saturated heterocycles. The molecule has 0 aromatic carbocycles. The van der Waals surface area contributed by atoms with Crippen LogP contribution in [-0.2, 0) is 9.53 Å². The number of nitriles is 1. The molecule has 12 nitrogen and oxygen atoms in total. The van der Waals surface area contributed by atoms with E-state index in [2.05, 4.69) is 25.3 Å². The minimum Gasteiger partial charge on any atom is -0.379 e. The Morgan fingerprint density at radius 3 is 2.60 bits per heavy atom. The van der Waals surface area contributed by atoms with Crippen molar-refractivity contribution >= 4 is 22.8 Å². The molecule has 1 unspecified atom stereocenters.